The summed E-state index contributed by atoms with van der Waals surface area (Å²) in [6, 6.07) is 1.30. The number of aliphatic hydroxyl groups excluding tert-OH is 2. The molecule has 0 saturated heterocycles. The Kier molecular flexibility index (Phi) is 4.09. The average molecular weight is 198 g/mol. The molecule has 0 aliphatic rings. The van der Waals surface area contributed by atoms with Gasteiger partial charge in [0.15, 0.2) is 0 Å². The molecule has 0 amide bonds. The van der Waals surface area contributed by atoms with Gasteiger partial charge in [-0.2, -0.15) is 0 Å². The summed E-state index contributed by atoms with van der Waals surface area (Å²) in [5.74, 6) is 1.24. The Labute approximate surface area is 82.0 Å². The quantitative estimate of drug-likeness (QED) is 0.499. The standard InChI is InChI=1S/C8H14N4O2/c1-9-7-2-8(11-5-10-7)12-6(3-13)4-14/h2,5-6,13-14H,3-4H2,1H3,(H2,9,10,11,12). The number of rotatable bonds is 5. The minimum Gasteiger partial charge on any atom is -0.394 e. The third kappa shape index (κ3) is 2.82. The molecule has 0 aliphatic heterocycles. The molecule has 0 aromatic carbocycles. The Morgan fingerprint density at radius 2 is 1.93 bits per heavy atom. The van der Waals surface area contributed by atoms with E-state index < -0.39 is 6.04 Å². The third-order valence-corrected chi connectivity index (χ3v) is 1.72. The van der Waals surface area contributed by atoms with Gasteiger partial charge in [-0.25, -0.2) is 9.97 Å². The van der Waals surface area contributed by atoms with Crippen molar-refractivity contribution in [2.75, 3.05) is 30.9 Å². The highest BCUT2D eigenvalue weighted by Crippen LogP contribution is 2.08. The molecule has 0 atom stereocenters. The highest BCUT2D eigenvalue weighted by Gasteiger charge is 2.06. The highest BCUT2D eigenvalue weighted by atomic mass is 16.3. The van der Waals surface area contributed by atoms with Gasteiger partial charge >= 0.3 is 0 Å². The lowest BCUT2D eigenvalue weighted by molar-refractivity contribution is 0.203. The predicted octanol–water partition coefficient (Wildman–Crippen LogP) is -0.717. The summed E-state index contributed by atoms with van der Waals surface area (Å²) in [6.07, 6.45) is 1.40. The molecule has 0 spiro atoms. The molecular formula is C8H14N4O2. The molecule has 78 valence electrons. The summed E-state index contributed by atoms with van der Waals surface area (Å²) in [5.41, 5.74) is 0. The van der Waals surface area contributed by atoms with E-state index in [1.807, 2.05) is 0 Å². The van der Waals surface area contributed by atoms with Crippen LogP contribution in [0.25, 0.3) is 0 Å². The van der Waals surface area contributed by atoms with Gasteiger partial charge in [0.2, 0.25) is 0 Å². The first kappa shape index (κ1) is 10.7. The van der Waals surface area contributed by atoms with E-state index in [0.717, 1.165) is 0 Å². The van der Waals surface area contributed by atoms with E-state index >= 15 is 0 Å². The van der Waals surface area contributed by atoms with Crippen molar-refractivity contribution in [2.24, 2.45) is 0 Å². The summed E-state index contributed by atoms with van der Waals surface area (Å²) < 4.78 is 0. The second-order valence-corrected chi connectivity index (χ2v) is 2.74. The van der Waals surface area contributed by atoms with Crippen molar-refractivity contribution >= 4 is 11.6 Å². The van der Waals surface area contributed by atoms with Gasteiger partial charge < -0.3 is 20.8 Å². The third-order valence-electron chi connectivity index (χ3n) is 1.72. The number of nitrogens with zero attached hydrogens (tertiary/aromatic N) is 2. The van der Waals surface area contributed by atoms with E-state index in [-0.39, 0.29) is 13.2 Å². The molecule has 14 heavy (non-hydrogen) atoms. The van der Waals surface area contributed by atoms with Crippen LogP contribution >= 0.6 is 0 Å². The fraction of sp³-hybridized carbons (Fsp3) is 0.500. The van der Waals surface area contributed by atoms with Crippen molar-refractivity contribution in [3.63, 3.8) is 0 Å². The number of aromatic nitrogens is 2. The second kappa shape index (κ2) is 5.36. The Bertz CT molecular complexity index is 278. The number of aliphatic hydroxyl groups is 2. The summed E-state index contributed by atoms with van der Waals surface area (Å²) >= 11 is 0. The van der Waals surface area contributed by atoms with Crippen molar-refractivity contribution in [3.8, 4) is 0 Å². The van der Waals surface area contributed by atoms with Crippen LogP contribution in [0.15, 0.2) is 12.4 Å². The predicted molar refractivity (Wildman–Crippen MR) is 53.2 cm³/mol. The molecule has 4 N–H and O–H groups in total. The van der Waals surface area contributed by atoms with Crippen LogP contribution in [0.4, 0.5) is 11.6 Å². The molecule has 1 aromatic rings. The van der Waals surface area contributed by atoms with Gasteiger partial charge in [-0.1, -0.05) is 0 Å². The van der Waals surface area contributed by atoms with Gasteiger partial charge in [0.25, 0.3) is 0 Å². The van der Waals surface area contributed by atoms with Crippen LogP contribution < -0.4 is 10.6 Å². The van der Waals surface area contributed by atoms with E-state index in [0.29, 0.717) is 11.6 Å². The molecule has 0 saturated carbocycles. The largest absolute Gasteiger partial charge is 0.394 e. The monoisotopic (exact) mass is 198 g/mol. The minimum atomic E-state index is -0.394. The summed E-state index contributed by atoms with van der Waals surface area (Å²) in [6.45, 7) is -0.287. The number of hydrogen-bond donors (Lipinski definition) is 4. The van der Waals surface area contributed by atoms with Crippen molar-refractivity contribution in [1.29, 1.82) is 0 Å². The molecule has 6 nitrogen and oxygen atoms in total. The van der Waals surface area contributed by atoms with Crippen LogP contribution in [0.2, 0.25) is 0 Å². The van der Waals surface area contributed by atoms with Crippen LogP contribution in [0, 0.1) is 0 Å². The molecule has 0 aliphatic carbocycles. The van der Waals surface area contributed by atoms with Gasteiger partial charge in [0.1, 0.15) is 18.0 Å². The van der Waals surface area contributed by atoms with Crippen LogP contribution in [0.5, 0.6) is 0 Å². The summed E-state index contributed by atoms with van der Waals surface area (Å²) in [7, 11) is 1.75. The highest BCUT2D eigenvalue weighted by molar-refractivity contribution is 5.46. The van der Waals surface area contributed by atoms with E-state index in [2.05, 4.69) is 20.6 Å². The van der Waals surface area contributed by atoms with Gasteiger partial charge in [-0.15, -0.1) is 0 Å². The smallest absolute Gasteiger partial charge is 0.131 e. The molecule has 0 fully saturated rings. The number of anilines is 2. The molecule has 1 aromatic heterocycles. The van der Waals surface area contributed by atoms with Crippen molar-refractivity contribution in [1.82, 2.24) is 9.97 Å². The zero-order chi connectivity index (χ0) is 10.4. The lowest BCUT2D eigenvalue weighted by Crippen LogP contribution is -2.28. The van der Waals surface area contributed by atoms with Crippen molar-refractivity contribution in [2.45, 2.75) is 6.04 Å². The van der Waals surface area contributed by atoms with E-state index in [4.69, 9.17) is 10.2 Å². The molecule has 1 rings (SSSR count). The topological polar surface area (TPSA) is 90.3 Å². The first-order valence-corrected chi connectivity index (χ1v) is 4.28. The number of nitrogens with one attached hydrogen (secondary N) is 2. The zero-order valence-electron chi connectivity index (χ0n) is 7.94. The maximum absolute atomic E-state index is 8.83. The minimum absolute atomic E-state index is 0.143. The normalized spacial score (nSPS) is 10.3. The maximum atomic E-state index is 8.83. The second-order valence-electron chi connectivity index (χ2n) is 2.74. The average Bonchev–Trinajstić information content (AvgIpc) is 2.26. The van der Waals surface area contributed by atoms with Crippen LogP contribution in [0.1, 0.15) is 0 Å². The summed E-state index contributed by atoms with van der Waals surface area (Å²) in [4.78, 5) is 7.87. The lowest BCUT2D eigenvalue weighted by atomic mass is 10.3. The molecule has 0 unspecified atom stereocenters. The van der Waals surface area contributed by atoms with Gasteiger partial charge in [-0.3, -0.25) is 0 Å². The van der Waals surface area contributed by atoms with E-state index in [1.54, 1.807) is 13.1 Å². The van der Waals surface area contributed by atoms with Gasteiger partial charge in [0.05, 0.1) is 19.3 Å². The molecule has 6 heteroatoms. The van der Waals surface area contributed by atoms with Gasteiger partial charge in [-0.05, 0) is 0 Å². The van der Waals surface area contributed by atoms with Crippen LogP contribution in [-0.2, 0) is 0 Å². The van der Waals surface area contributed by atoms with Gasteiger partial charge in [0, 0.05) is 13.1 Å². The SMILES string of the molecule is CNc1cc(NC(CO)CO)ncn1. The Morgan fingerprint density at radius 1 is 1.29 bits per heavy atom. The lowest BCUT2D eigenvalue weighted by Gasteiger charge is -2.13. The molecule has 0 radical (unpaired) electrons. The fourth-order valence-electron chi connectivity index (χ4n) is 0.931. The summed E-state index contributed by atoms with van der Waals surface area (Å²) in [5, 5.41) is 23.4. The fourth-order valence-corrected chi connectivity index (χ4v) is 0.931. The maximum Gasteiger partial charge on any atom is 0.131 e. The molecular weight excluding hydrogens is 184 g/mol. The first-order chi connectivity index (χ1) is 6.80. The van der Waals surface area contributed by atoms with Crippen molar-refractivity contribution < 1.29 is 10.2 Å². The first-order valence-electron chi connectivity index (χ1n) is 4.28. The van der Waals surface area contributed by atoms with Crippen LogP contribution in [0.3, 0.4) is 0 Å². The molecule has 1 heterocycles. The number of hydrogen-bond acceptors (Lipinski definition) is 6. The Morgan fingerprint density at radius 3 is 2.50 bits per heavy atom. The Balaban J connectivity index is 2.65. The zero-order valence-corrected chi connectivity index (χ0v) is 7.94. The molecule has 0 bridgehead atoms. The van der Waals surface area contributed by atoms with E-state index in [1.165, 1.54) is 6.33 Å². The van der Waals surface area contributed by atoms with E-state index in [9.17, 15) is 0 Å². The Hall–Kier alpha value is -1.40. The van der Waals surface area contributed by atoms with Crippen LogP contribution in [-0.4, -0.2) is 46.5 Å². The van der Waals surface area contributed by atoms with Crippen molar-refractivity contribution in [3.05, 3.63) is 12.4 Å².